The maximum atomic E-state index is 11.5. The fourth-order valence-electron chi connectivity index (χ4n) is 1.61. The van der Waals surface area contributed by atoms with Gasteiger partial charge in [0.2, 0.25) is 0 Å². The average molecular weight is 279 g/mol. The van der Waals surface area contributed by atoms with Gasteiger partial charge in [-0.25, -0.2) is 0 Å². The van der Waals surface area contributed by atoms with E-state index in [9.17, 15) is 4.79 Å². The smallest absolute Gasteiger partial charge is 0.262 e. The molecule has 2 aromatic heterocycles. The topological polar surface area (TPSA) is 45.8 Å². The molecule has 16 heavy (non-hydrogen) atoms. The molecular formula is C12H11BrN2O. The van der Waals surface area contributed by atoms with E-state index in [0.29, 0.717) is 4.47 Å². The van der Waals surface area contributed by atoms with Crippen molar-refractivity contribution < 1.29 is 0 Å². The van der Waals surface area contributed by atoms with Crippen LogP contribution in [0.1, 0.15) is 12.6 Å². The Balaban J connectivity index is 2.65. The van der Waals surface area contributed by atoms with E-state index in [1.807, 2.05) is 25.1 Å². The zero-order valence-electron chi connectivity index (χ0n) is 8.83. The van der Waals surface area contributed by atoms with Crippen molar-refractivity contribution in [1.29, 1.82) is 0 Å². The number of pyridine rings is 2. The third kappa shape index (κ3) is 2.07. The molecule has 0 aliphatic heterocycles. The third-order valence-electron chi connectivity index (χ3n) is 2.42. The van der Waals surface area contributed by atoms with Crippen molar-refractivity contribution in [3.63, 3.8) is 0 Å². The molecule has 3 nitrogen and oxygen atoms in total. The number of hydrogen-bond acceptors (Lipinski definition) is 2. The van der Waals surface area contributed by atoms with Crippen LogP contribution in [-0.4, -0.2) is 9.97 Å². The van der Waals surface area contributed by atoms with E-state index in [2.05, 4.69) is 25.9 Å². The SMILES string of the molecule is CCc1[nH]c(=O)c(Br)cc1-c1ccncc1. The predicted molar refractivity (Wildman–Crippen MR) is 67.4 cm³/mol. The van der Waals surface area contributed by atoms with Crippen molar-refractivity contribution in [1.82, 2.24) is 9.97 Å². The number of halogens is 1. The Bertz CT molecular complexity index is 549. The fraction of sp³-hybridized carbons (Fsp3) is 0.167. The van der Waals surface area contributed by atoms with E-state index in [4.69, 9.17) is 0 Å². The molecule has 0 aliphatic carbocycles. The van der Waals surface area contributed by atoms with Crippen LogP contribution in [0.2, 0.25) is 0 Å². The van der Waals surface area contributed by atoms with Gasteiger partial charge in [-0.1, -0.05) is 6.92 Å². The van der Waals surface area contributed by atoms with Crippen LogP contribution in [0.25, 0.3) is 11.1 Å². The van der Waals surface area contributed by atoms with Gasteiger partial charge in [0.15, 0.2) is 0 Å². The summed E-state index contributed by atoms with van der Waals surface area (Å²) >= 11 is 3.25. The van der Waals surface area contributed by atoms with Gasteiger partial charge in [0, 0.05) is 23.7 Å². The first-order valence-corrected chi connectivity index (χ1v) is 5.83. The molecule has 0 amide bonds. The summed E-state index contributed by atoms with van der Waals surface area (Å²) in [5.74, 6) is 0. The van der Waals surface area contributed by atoms with Crippen LogP contribution in [0.4, 0.5) is 0 Å². The monoisotopic (exact) mass is 278 g/mol. The Morgan fingerprint density at radius 2 is 2.06 bits per heavy atom. The Kier molecular flexibility index (Phi) is 3.19. The Labute approximate surface area is 102 Å². The molecule has 0 fully saturated rings. The van der Waals surface area contributed by atoms with Crippen molar-refractivity contribution in [3.8, 4) is 11.1 Å². The number of nitrogens with zero attached hydrogens (tertiary/aromatic N) is 1. The maximum absolute atomic E-state index is 11.5. The molecule has 1 N–H and O–H groups in total. The molecule has 0 radical (unpaired) electrons. The lowest BCUT2D eigenvalue weighted by Gasteiger charge is -2.07. The number of nitrogens with one attached hydrogen (secondary N) is 1. The first kappa shape index (κ1) is 11.1. The highest BCUT2D eigenvalue weighted by Crippen LogP contribution is 2.23. The van der Waals surface area contributed by atoms with Gasteiger partial charge in [-0.15, -0.1) is 0 Å². The molecule has 0 aromatic carbocycles. The zero-order valence-corrected chi connectivity index (χ0v) is 10.4. The largest absolute Gasteiger partial charge is 0.325 e. The Morgan fingerprint density at radius 1 is 1.38 bits per heavy atom. The van der Waals surface area contributed by atoms with Crippen molar-refractivity contribution in [3.05, 3.63) is 51.1 Å². The van der Waals surface area contributed by atoms with E-state index >= 15 is 0 Å². The van der Waals surface area contributed by atoms with Gasteiger partial charge in [-0.2, -0.15) is 0 Å². The Morgan fingerprint density at radius 3 is 2.69 bits per heavy atom. The highest BCUT2D eigenvalue weighted by molar-refractivity contribution is 9.10. The molecule has 0 spiro atoms. The zero-order chi connectivity index (χ0) is 11.5. The molecular weight excluding hydrogens is 268 g/mol. The van der Waals surface area contributed by atoms with E-state index in [0.717, 1.165) is 23.2 Å². The molecule has 82 valence electrons. The van der Waals surface area contributed by atoms with Gasteiger partial charge < -0.3 is 4.98 Å². The van der Waals surface area contributed by atoms with E-state index in [-0.39, 0.29) is 5.56 Å². The standard InChI is InChI=1S/C12H11BrN2O/c1-2-11-9(7-10(13)12(16)15-11)8-3-5-14-6-4-8/h3-7H,2H2,1H3,(H,15,16). The molecule has 4 heteroatoms. The lowest BCUT2D eigenvalue weighted by Crippen LogP contribution is -2.10. The van der Waals surface area contributed by atoms with Crippen molar-refractivity contribution in [2.75, 3.05) is 0 Å². The van der Waals surface area contributed by atoms with E-state index < -0.39 is 0 Å². The van der Waals surface area contributed by atoms with Crippen LogP contribution in [0.15, 0.2) is 39.9 Å². The number of aromatic nitrogens is 2. The second kappa shape index (κ2) is 4.61. The second-order valence-corrected chi connectivity index (χ2v) is 4.28. The summed E-state index contributed by atoms with van der Waals surface area (Å²) in [6.07, 6.45) is 4.28. The van der Waals surface area contributed by atoms with Crippen LogP contribution >= 0.6 is 15.9 Å². The van der Waals surface area contributed by atoms with Crippen molar-refractivity contribution in [2.45, 2.75) is 13.3 Å². The second-order valence-electron chi connectivity index (χ2n) is 3.43. The van der Waals surface area contributed by atoms with E-state index in [1.54, 1.807) is 12.4 Å². The molecule has 0 aliphatic rings. The molecule has 2 heterocycles. The van der Waals surface area contributed by atoms with Crippen LogP contribution in [-0.2, 0) is 6.42 Å². The summed E-state index contributed by atoms with van der Waals surface area (Å²) in [6, 6.07) is 5.71. The molecule has 2 aromatic rings. The first-order valence-electron chi connectivity index (χ1n) is 5.04. The number of aromatic amines is 1. The van der Waals surface area contributed by atoms with Crippen molar-refractivity contribution in [2.24, 2.45) is 0 Å². The van der Waals surface area contributed by atoms with Crippen LogP contribution in [0.3, 0.4) is 0 Å². The first-order chi connectivity index (χ1) is 7.72. The minimum Gasteiger partial charge on any atom is -0.325 e. The average Bonchev–Trinajstić information content (AvgIpc) is 2.33. The highest BCUT2D eigenvalue weighted by Gasteiger charge is 2.07. The fourth-order valence-corrected chi connectivity index (χ4v) is 1.94. The summed E-state index contributed by atoms with van der Waals surface area (Å²) in [5, 5.41) is 0. The molecule has 0 saturated heterocycles. The number of rotatable bonds is 2. The summed E-state index contributed by atoms with van der Waals surface area (Å²) in [6.45, 7) is 2.02. The number of hydrogen-bond donors (Lipinski definition) is 1. The normalized spacial score (nSPS) is 10.4. The summed E-state index contributed by atoms with van der Waals surface area (Å²) < 4.78 is 0.552. The van der Waals surface area contributed by atoms with Gasteiger partial charge in [0.05, 0.1) is 4.47 Å². The summed E-state index contributed by atoms with van der Waals surface area (Å²) in [7, 11) is 0. The van der Waals surface area contributed by atoms with Crippen LogP contribution < -0.4 is 5.56 Å². The highest BCUT2D eigenvalue weighted by atomic mass is 79.9. The van der Waals surface area contributed by atoms with E-state index in [1.165, 1.54) is 0 Å². The lowest BCUT2D eigenvalue weighted by molar-refractivity contribution is 1.01. The molecule has 0 atom stereocenters. The minimum absolute atomic E-state index is 0.0883. The van der Waals surface area contributed by atoms with Crippen LogP contribution in [0, 0.1) is 0 Å². The quantitative estimate of drug-likeness (QED) is 0.918. The number of aryl methyl sites for hydroxylation is 1. The van der Waals surface area contributed by atoms with Gasteiger partial charge in [0.1, 0.15) is 0 Å². The lowest BCUT2D eigenvalue weighted by atomic mass is 10.0. The van der Waals surface area contributed by atoms with Gasteiger partial charge in [-0.05, 0) is 46.1 Å². The van der Waals surface area contributed by atoms with Crippen LogP contribution in [0.5, 0.6) is 0 Å². The minimum atomic E-state index is -0.0883. The van der Waals surface area contributed by atoms with Crippen molar-refractivity contribution >= 4 is 15.9 Å². The Hall–Kier alpha value is -1.42. The van der Waals surface area contributed by atoms with Gasteiger partial charge in [-0.3, -0.25) is 9.78 Å². The van der Waals surface area contributed by atoms with Gasteiger partial charge in [0.25, 0.3) is 5.56 Å². The van der Waals surface area contributed by atoms with Gasteiger partial charge >= 0.3 is 0 Å². The predicted octanol–water partition coefficient (Wildman–Crippen LogP) is 2.76. The molecule has 0 bridgehead atoms. The third-order valence-corrected chi connectivity index (χ3v) is 3.01. The maximum Gasteiger partial charge on any atom is 0.262 e. The molecule has 0 unspecified atom stereocenters. The number of H-pyrrole nitrogens is 1. The summed E-state index contributed by atoms with van der Waals surface area (Å²) in [4.78, 5) is 18.3. The molecule has 0 saturated carbocycles. The molecule has 2 rings (SSSR count). The summed E-state index contributed by atoms with van der Waals surface area (Å²) in [5.41, 5.74) is 2.95.